The third-order valence-electron chi connectivity index (χ3n) is 8.70. The molecular weight excluding hydrogens is 630 g/mol. The summed E-state index contributed by atoms with van der Waals surface area (Å²) in [6.45, 7) is 6.32. The molecule has 2 aliphatic rings. The Balaban J connectivity index is 1.66. The molecule has 4 rings (SSSR count). The van der Waals surface area contributed by atoms with E-state index in [9.17, 15) is 23.1 Å². The molecule has 2 fully saturated rings. The minimum absolute atomic E-state index is 0.0510. The molecule has 0 saturated carbocycles. The summed E-state index contributed by atoms with van der Waals surface area (Å²) < 4.78 is 56.0. The molecule has 14 heteroatoms. The Labute approximate surface area is 276 Å². The van der Waals surface area contributed by atoms with Crippen LogP contribution < -0.4 is 21.1 Å². The second-order valence-corrected chi connectivity index (χ2v) is 15.0. The van der Waals surface area contributed by atoms with Crippen molar-refractivity contribution in [3.8, 4) is 5.75 Å². The lowest BCUT2D eigenvalue weighted by Crippen LogP contribution is -2.65. The molecule has 0 aromatic heterocycles. The molecule has 2 saturated heterocycles. The molecule has 0 radical (unpaired) electrons. The van der Waals surface area contributed by atoms with Crippen LogP contribution in [0.4, 0.5) is 9.59 Å². The number of aliphatic hydroxyl groups is 1. The molecule has 0 bridgehead atoms. The fraction of sp³-hybridized carbons (Fsp3) is 0.576. The van der Waals surface area contributed by atoms with E-state index >= 15 is 0 Å². The van der Waals surface area contributed by atoms with E-state index in [-0.39, 0.29) is 43.4 Å². The first-order valence-corrected chi connectivity index (χ1v) is 17.3. The number of hydrogen-bond acceptors (Lipinski definition) is 11. The van der Waals surface area contributed by atoms with E-state index in [4.69, 9.17) is 29.4 Å². The van der Waals surface area contributed by atoms with Gasteiger partial charge >= 0.3 is 12.2 Å². The summed E-state index contributed by atoms with van der Waals surface area (Å²) in [7, 11) is -3.02. The predicted octanol–water partition coefficient (Wildman–Crippen LogP) is 3.14. The van der Waals surface area contributed by atoms with Gasteiger partial charge in [0.1, 0.15) is 18.0 Å². The molecular formula is C33H47N3O10S. The highest BCUT2D eigenvalue weighted by atomic mass is 32.2. The van der Waals surface area contributed by atoms with Crippen LogP contribution in [-0.4, -0.2) is 88.6 Å². The van der Waals surface area contributed by atoms with Gasteiger partial charge in [-0.25, -0.2) is 18.0 Å². The molecule has 2 aromatic rings. The molecule has 2 aliphatic heterocycles. The lowest BCUT2D eigenvalue weighted by molar-refractivity contribution is -0.0907. The van der Waals surface area contributed by atoms with Gasteiger partial charge in [-0.3, -0.25) is 0 Å². The lowest BCUT2D eigenvalue weighted by atomic mass is 9.79. The number of nitrogens with two attached hydrogens (primary N) is 1. The summed E-state index contributed by atoms with van der Waals surface area (Å²) in [5.41, 5.74) is 6.84. The van der Waals surface area contributed by atoms with Gasteiger partial charge in [0.15, 0.2) is 21.0 Å². The highest BCUT2D eigenvalue weighted by Crippen LogP contribution is 2.39. The van der Waals surface area contributed by atoms with Crippen LogP contribution in [0.3, 0.4) is 0 Å². The normalized spacial score (nSPS) is 22.0. The summed E-state index contributed by atoms with van der Waals surface area (Å²) in [5.74, 6) is 0.320. The Morgan fingerprint density at radius 3 is 2.45 bits per heavy atom. The molecule has 2 amide bonds. The number of hydrogen-bond donors (Lipinski definition) is 4. The summed E-state index contributed by atoms with van der Waals surface area (Å²) >= 11 is 0. The Bertz CT molecular complexity index is 1440. The first kappa shape index (κ1) is 36.4. The zero-order valence-corrected chi connectivity index (χ0v) is 28.2. The van der Waals surface area contributed by atoms with Gasteiger partial charge in [0, 0.05) is 6.54 Å². The number of rotatable bonds is 15. The van der Waals surface area contributed by atoms with Crippen LogP contribution in [0.1, 0.15) is 45.6 Å². The molecule has 47 heavy (non-hydrogen) atoms. The van der Waals surface area contributed by atoms with Gasteiger partial charge in [0.2, 0.25) is 0 Å². The van der Waals surface area contributed by atoms with Crippen LogP contribution in [-0.2, 0) is 35.2 Å². The molecule has 0 aliphatic carbocycles. The van der Waals surface area contributed by atoms with Crippen molar-refractivity contribution < 1.29 is 46.8 Å². The van der Waals surface area contributed by atoms with E-state index in [1.165, 1.54) is 31.4 Å². The minimum Gasteiger partial charge on any atom is -0.497 e. The van der Waals surface area contributed by atoms with E-state index < -0.39 is 56.8 Å². The second kappa shape index (κ2) is 15.6. The second-order valence-electron chi connectivity index (χ2n) is 12.7. The average Bonchev–Trinajstić information content (AvgIpc) is 3.66. The number of nitrogens with one attached hydrogen (secondary N) is 2. The highest BCUT2D eigenvalue weighted by Gasteiger charge is 2.53. The minimum atomic E-state index is -4.48. The molecule has 5 N–H and O–H groups in total. The van der Waals surface area contributed by atoms with E-state index in [1.54, 1.807) is 45.0 Å². The number of ether oxygens (including phenoxy) is 5. The third-order valence-corrected chi connectivity index (χ3v) is 11.0. The maximum absolute atomic E-state index is 14.5. The standard InChI is InChI=1S/C33H47N3O10S/c1-5-43-30(38)35-17-16-32(2,3)21-33(34,47(40,41)24-13-11-23(42-4)12-14-24)28(37)26(19-22-9-7-6-8-10-22)36-31(39)46-27-20-45-29-25(27)15-18-44-29/h6-14,25-29,37H,5,15-21,34H2,1-4H3,(H,35,38)(H,36,39). The molecule has 13 nitrogen and oxygen atoms in total. The quantitative estimate of drug-likeness (QED) is 0.217. The first-order valence-electron chi connectivity index (χ1n) is 15.8. The fourth-order valence-electron chi connectivity index (χ4n) is 6.17. The Morgan fingerprint density at radius 1 is 1.09 bits per heavy atom. The van der Waals surface area contributed by atoms with Crippen molar-refractivity contribution in [1.82, 2.24) is 10.6 Å². The summed E-state index contributed by atoms with van der Waals surface area (Å²) in [5, 5.41) is 17.5. The number of fused-ring (bicyclic) bond motifs is 1. The fourth-order valence-corrected chi connectivity index (χ4v) is 8.17. The number of methoxy groups -OCH3 is 1. The van der Waals surface area contributed by atoms with Gasteiger partial charge in [-0.2, -0.15) is 0 Å². The van der Waals surface area contributed by atoms with Crippen LogP contribution in [0.2, 0.25) is 0 Å². The van der Waals surface area contributed by atoms with Crippen molar-refractivity contribution in [2.24, 2.45) is 17.1 Å². The maximum atomic E-state index is 14.5. The zero-order valence-electron chi connectivity index (χ0n) is 27.3. The molecule has 2 aromatic carbocycles. The highest BCUT2D eigenvalue weighted by molar-refractivity contribution is 7.92. The Kier molecular flexibility index (Phi) is 12.1. The number of benzene rings is 2. The van der Waals surface area contributed by atoms with Crippen molar-refractivity contribution in [1.29, 1.82) is 0 Å². The van der Waals surface area contributed by atoms with Gasteiger partial charge in [0.05, 0.1) is 43.8 Å². The number of amides is 2. The summed E-state index contributed by atoms with van der Waals surface area (Å²) in [4.78, 5) is 22.8. The van der Waals surface area contributed by atoms with Crippen LogP contribution >= 0.6 is 0 Å². The third kappa shape index (κ3) is 8.93. The largest absolute Gasteiger partial charge is 0.497 e. The Hall–Kier alpha value is -3.43. The van der Waals surface area contributed by atoms with Crippen molar-refractivity contribution in [2.75, 3.05) is 33.5 Å². The molecule has 2 heterocycles. The van der Waals surface area contributed by atoms with Gasteiger partial charge in [-0.1, -0.05) is 44.2 Å². The van der Waals surface area contributed by atoms with E-state index in [0.717, 1.165) is 5.56 Å². The van der Waals surface area contributed by atoms with Crippen LogP contribution in [0, 0.1) is 11.3 Å². The van der Waals surface area contributed by atoms with E-state index in [2.05, 4.69) is 10.6 Å². The predicted molar refractivity (Wildman–Crippen MR) is 172 cm³/mol. The number of alkyl carbamates (subject to hydrolysis) is 2. The molecule has 6 unspecified atom stereocenters. The van der Waals surface area contributed by atoms with Crippen LogP contribution in [0.25, 0.3) is 0 Å². The molecule has 0 spiro atoms. The number of aliphatic hydroxyl groups excluding tert-OH is 1. The van der Waals surface area contributed by atoms with Crippen molar-refractivity contribution in [3.05, 3.63) is 60.2 Å². The van der Waals surface area contributed by atoms with Crippen LogP contribution in [0.5, 0.6) is 5.75 Å². The van der Waals surface area contributed by atoms with Crippen molar-refractivity contribution in [2.45, 2.75) is 80.8 Å². The molecule has 6 atom stereocenters. The van der Waals surface area contributed by atoms with Gasteiger partial charge in [-0.05, 0) is 67.9 Å². The zero-order chi connectivity index (χ0) is 34.2. The first-order chi connectivity index (χ1) is 22.3. The smallest absolute Gasteiger partial charge is 0.407 e. The SMILES string of the molecule is CCOC(=O)NCCC(C)(C)CC(N)(C(O)C(Cc1ccccc1)NC(=O)OC1COC2OCCC12)S(=O)(=O)c1ccc(OC)cc1. The summed E-state index contributed by atoms with van der Waals surface area (Å²) in [6, 6.07) is 13.6. The van der Waals surface area contributed by atoms with Crippen molar-refractivity contribution >= 4 is 22.0 Å². The maximum Gasteiger partial charge on any atom is 0.407 e. The van der Waals surface area contributed by atoms with Gasteiger partial charge in [-0.15, -0.1) is 0 Å². The lowest BCUT2D eigenvalue weighted by Gasteiger charge is -2.42. The average molecular weight is 678 g/mol. The van der Waals surface area contributed by atoms with E-state index in [1.807, 2.05) is 6.07 Å². The van der Waals surface area contributed by atoms with Crippen molar-refractivity contribution in [3.63, 3.8) is 0 Å². The number of sulfone groups is 1. The van der Waals surface area contributed by atoms with Crippen LogP contribution in [0.15, 0.2) is 59.5 Å². The summed E-state index contributed by atoms with van der Waals surface area (Å²) in [6.07, 6.45) is -3.46. The Morgan fingerprint density at radius 2 is 1.79 bits per heavy atom. The monoisotopic (exact) mass is 677 g/mol. The van der Waals surface area contributed by atoms with E-state index in [0.29, 0.717) is 25.2 Å². The van der Waals surface area contributed by atoms with Gasteiger partial charge < -0.3 is 45.2 Å². The number of carbonyl (C=O) groups excluding carboxylic acids is 2. The van der Waals surface area contributed by atoms with Gasteiger partial charge in [0.25, 0.3) is 0 Å². The molecule has 260 valence electrons. The topological polar surface area (TPSA) is 185 Å². The number of carbonyl (C=O) groups is 2.